The van der Waals surface area contributed by atoms with Crippen LogP contribution in [0.2, 0.25) is 10.0 Å². The Bertz CT molecular complexity index is 2110. The Balaban J connectivity index is 1.03. The maximum Gasteiger partial charge on any atom is 0.265 e. The van der Waals surface area contributed by atoms with E-state index in [1.807, 2.05) is 56.6 Å². The van der Waals surface area contributed by atoms with Gasteiger partial charge in [-0.05, 0) is 110 Å². The second kappa shape index (κ2) is 18.5. The van der Waals surface area contributed by atoms with Gasteiger partial charge >= 0.3 is 0 Å². The van der Waals surface area contributed by atoms with Gasteiger partial charge in [-0.1, -0.05) is 77.8 Å². The first kappa shape index (κ1) is 39.7. The minimum Gasteiger partial charge on any atom is -0.381 e. The monoisotopic (exact) mass is 801 g/mol. The first-order valence-electron chi connectivity index (χ1n) is 17.9. The number of nitrogens with one attached hydrogen (secondary N) is 2. The summed E-state index contributed by atoms with van der Waals surface area (Å²) in [4.78, 5) is 21.0. The van der Waals surface area contributed by atoms with Gasteiger partial charge in [0.25, 0.3) is 15.9 Å². The summed E-state index contributed by atoms with van der Waals surface area (Å²) in [6.45, 7) is 5.15. The molecular weight excluding hydrogens is 758 g/mol. The second-order valence-corrected chi connectivity index (χ2v) is 17.2. The number of anilines is 2. The zero-order chi connectivity index (χ0) is 38.1. The normalized spacial score (nSPS) is 14.2. The van der Waals surface area contributed by atoms with E-state index in [0.717, 1.165) is 67.7 Å². The minimum absolute atomic E-state index is 0.0327. The van der Waals surface area contributed by atoms with Gasteiger partial charge < -0.3 is 15.1 Å². The highest BCUT2D eigenvalue weighted by atomic mass is 35.5. The molecule has 5 aromatic carbocycles. The Morgan fingerprint density at radius 2 is 1.52 bits per heavy atom. The average Bonchev–Trinajstić information content (AvgIpc) is 3.17. The molecule has 1 saturated heterocycles. The van der Waals surface area contributed by atoms with Gasteiger partial charge in [0.1, 0.15) is 4.90 Å². The van der Waals surface area contributed by atoms with Crippen molar-refractivity contribution in [2.75, 3.05) is 62.8 Å². The van der Waals surface area contributed by atoms with Crippen molar-refractivity contribution in [2.45, 2.75) is 28.8 Å². The first-order valence-corrected chi connectivity index (χ1v) is 21.1. The summed E-state index contributed by atoms with van der Waals surface area (Å²) >= 11 is 14.4. The van der Waals surface area contributed by atoms with Crippen LogP contribution >= 0.6 is 35.0 Å². The predicted octanol–water partition coefficient (Wildman–Crippen LogP) is 8.63. The predicted molar refractivity (Wildman–Crippen MR) is 225 cm³/mol. The second-order valence-electron chi connectivity index (χ2n) is 13.6. The fourth-order valence-electron chi connectivity index (χ4n) is 6.40. The maximum atomic E-state index is 13.3. The van der Waals surface area contributed by atoms with Gasteiger partial charge in [-0.15, -0.1) is 11.8 Å². The van der Waals surface area contributed by atoms with Crippen molar-refractivity contribution in [1.82, 2.24) is 14.5 Å². The molecule has 1 fully saturated rings. The molecule has 0 bridgehead atoms. The number of hydrogen-bond acceptors (Lipinski definition) is 8. The van der Waals surface area contributed by atoms with Crippen LogP contribution in [-0.4, -0.2) is 82.7 Å². The van der Waals surface area contributed by atoms with Crippen LogP contribution in [0, 0.1) is 0 Å². The highest BCUT2D eigenvalue weighted by Crippen LogP contribution is 2.29. The van der Waals surface area contributed by atoms with Crippen molar-refractivity contribution >= 4 is 62.3 Å². The molecule has 0 spiro atoms. The summed E-state index contributed by atoms with van der Waals surface area (Å²) in [5.74, 6) is 0.104. The molecule has 1 aliphatic rings. The van der Waals surface area contributed by atoms with E-state index in [1.54, 1.807) is 36.0 Å². The molecule has 0 aliphatic carbocycles. The molecule has 1 aliphatic heterocycles. The summed E-state index contributed by atoms with van der Waals surface area (Å²) in [5, 5.41) is 4.28. The number of amides is 1. The van der Waals surface area contributed by atoms with E-state index >= 15 is 0 Å². The fourth-order valence-corrected chi connectivity index (χ4v) is 9.04. The fraction of sp³-hybridized carbons (Fsp3) is 0.262. The van der Waals surface area contributed by atoms with Gasteiger partial charge in [0.15, 0.2) is 0 Å². The highest BCUT2D eigenvalue weighted by molar-refractivity contribution is 7.99. The van der Waals surface area contributed by atoms with E-state index in [9.17, 15) is 13.2 Å². The van der Waals surface area contributed by atoms with Crippen LogP contribution in [0.15, 0.2) is 131 Å². The Labute approximate surface area is 333 Å². The number of hydrogen-bond donors (Lipinski definition) is 2. The van der Waals surface area contributed by atoms with Crippen LogP contribution < -0.4 is 14.9 Å². The molecule has 0 saturated carbocycles. The molecule has 1 heterocycles. The van der Waals surface area contributed by atoms with Crippen molar-refractivity contribution in [1.29, 1.82) is 0 Å². The molecule has 1 atom stereocenters. The molecule has 54 heavy (non-hydrogen) atoms. The summed E-state index contributed by atoms with van der Waals surface area (Å²) < 4.78 is 28.9. The third kappa shape index (κ3) is 10.8. The molecule has 5 aromatic rings. The zero-order valence-corrected chi connectivity index (χ0v) is 33.6. The van der Waals surface area contributed by atoms with Crippen LogP contribution in [0.3, 0.4) is 0 Å². The van der Waals surface area contributed by atoms with Crippen LogP contribution in [0.25, 0.3) is 11.1 Å². The molecule has 12 heteroatoms. The lowest BCUT2D eigenvalue weighted by Gasteiger charge is -2.36. The molecule has 0 unspecified atom stereocenters. The van der Waals surface area contributed by atoms with Crippen molar-refractivity contribution in [3.8, 4) is 11.1 Å². The number of nitrogens with zero attached hydrogens (tertiary/aromatic N) is 3. The lowest BCUT2D eigenvalue weighted by Crippen LogP contribution is -2.46. The Morgan fingerprint density at radius 3 is 2.20 bits per heavy atom. The molecule has 8 nitrogen and oxygen atoms in total. The summed E-state index contributed by atoms with van der Waals surface area (Å²) in [6.07, 6.45) is 0.885. The zero-order valence-electron chi connectivity index (χ0n) is 30.4. The number of benzene rings is 5. The van der Waals surface area contributed by atoms with Crippen molar-refractivity contribution in [3.05, 3.63) is 142 Å². The number of rotatable bonds is 15. The van der Waals surface area contributed by atoms with E-state index in [0.29, 0.717) is 5.69 Å². The maximum absolute atomic E-state index is 13.3. The largest absolute Gasteiger partial charge is 0.381 e. The lowest BCUT2D eigenvalue weighted by atomic mass is 9.99. The minimum atomic E-state index is -4.23. The quantitative estimate of drug-likeness (QED) is 0.102. The number of piperazine rings is 1. The molecule has 6 rings (SSSR count). The standard InChI is InChI=1S/C42H45Cl2N5O3S2/c1-47(2)23-22-36(30-53-38-9-4-3-5-10-38)45-35-18-21-41(40(44)28-35)54(51,52)46-42(50)32-14-19-37(20-15-32)49-26-24-48(25-27-49)29-33-8-6-7-11-39(33)31-12-16-34(43)17-13-31/h3-21,28,36,45H,22-27,29-30H2,1-2H3,(H,46,50)/t36-/m1/s1. The molecule has 2 N–H and O–H groups in total. The van der Waals surface area contributed by atoms with Crippen LogP contribution in [0.1, 0.15) is 22.3 Å². The molecular formula is C42H45Cl2N5O3S2. The van der Waals surface area contributed by atoms with Crippen molar-refractivity contribution in [3.63, 3.8) is 0 Å². The number of halogens is 2. The average molecular weight is 803 g/mol. The van der Waals surface area contributed by atoms with Crippen LogP contribution in [0.4, 0.5) is 11.4 Å². The highest BCUT2D eigenvalue weighted by Gasteiger charge is 2.24. The van der Waals surface area contributed by atoms with Gasteiger partial charge in [-0.25, -0.2) is 13.1 Å². The van der Waals surface area contributed by atoms with Crippen LogP contribution in [0.5, 0.6) is 0 Å². The topological polar surface area (TPSA) is 85.0 Å². The SMILES string of the molecule is CN(C)CC[C@H](CSc1ccccc1)Nc1ccc(S(=O)(=O)NC(=O)c2ccc(N3CCN(Cc4ccccc4-c4ccc(Cl)cc4)CC3)cc2)c(Cl)c1. The van der Waals surface area contributed by atoms with Gasteiger partial charge in [-0.2, -0.15) is 0 Å². The summed E-state index contributed by atoms with van der Waals surface area (Å²) in [6, 6.07) is 38.5. The molecule has 0 radical (unpaired) electrons. The summed E-state index contributed by atoms with van der Waals surface area (Å²) in [7, 11) is -0.156. The van der Waals surface area contributed by atoms with Gasteiger partial charge in [0.2, 0.25) is 0 Å². The smallest absolute Gasteiger partial charge is 0.265 e. The molecule has 282 valence electrons. The Morgan fingerprint density at radius 1 is 0.833 bits per heavy atom. The van der Waals surface area contributed by atoms with Gasteiger partial charge in [0.05, 0.1) is 5.02 Å². The van der Waals surface area contributed by atoms with Crippen LogP contribution in [-0.2, 0) is 16.6 Å². The number of carbonyl (C=O) groups is 1. The number of carbonyl (C=O) groups excluding carboxylic acids is 1. The van der Waals surface area contributed by atoms with E-state index < -0.39 is 15.9 Å². The van der Waals surface area contributed by atoms with Gasteiger partial charge in [0, 0.05) is 71.4 Å². The molecule has 0 aromatic heterocycles. The molecule has 1 amide bonds. The Kier molecular flexibility index (Phi) is 13.6. The van der Waals surface area contributed by atoms with Crippen molar-refractivity contribution in [2.24, 2.45) is 0 Å². The van der Waals surface area contributed by atoms with E-state index in [2.05, 4.69) is 73.3 Å². The van der Waals surface area contributed by atoms with Gasteiger partial charge in [-0.3, -0.25) is 9.69 Å². The summed E-state index contributed by atoms with van der Waals surface area (Å²) in [5.41, 5.74) is 5.56. The Hall–Kier alpha value is -4.03. The van der Waals surface area contributed by atoms with Crippen molar-refractivity contribution < 1.29 is 13.2 Å². The first-order chi connectivity index (χ1) is 26.0. The number of thioether (sulfide) groups is 1. The third-order valence-electron chi connectivity index (χ3n) is 9.37. The number of sulfonamides is 1. The third-order valence-corrected chi connectivity index (χ3v) is 12.6. The van der Waals surface area contributed by atoms with E-state index in [1.165, 1.54) is 22.1 Å². The van der Waals surface area contributed by atoms with E-state index in [4.69, 9.17) is 23.2 Å². The lowest BCUT2D eigenvalue weighted by molar-refractivity contribution is 0.0981. The van der Waals surface area contributed by atoms with E-state index in [-0.39, 0.29) is 21.5 Å².